The number of nitrogen functional groups attached to an aromatic ring is 1. The van der Waals surface area contributed by atoms with Gasteiger partial charge >= 0.3 is 0 Å². The fraction of sp³-hybridized carbons (Fsp3) is 0.700. The number of anilines is 2. The number of hydrogen-bond donors (Lipinski definition) is 3. The molecule has 1 rings (SSSR count). The molecule has 0 atom stereocenters. The summed E-state index contributed by atoms with van der Waals surface area (Å²) in [5, 5.41) is 16.5. The van der Waals surface area contributed by atoms with Crippen LogP contribution in [-0.2, 0) is 7.05 Å². The summed E-state index contributed by atoms with van der Waals surface area (Å²) in [5.41, 5.74) is 7.20. The summed E-state index contributed by atoms with van der Waals surface area (Å²) >= 11 is 0. The standard InChI is InChI=1S/C10H20N4O/c1-7-8(11)9(14(4)13-7)12-5-10(2,3)6-15/h12,15H,5-6,11H2,1-4H3. The van der Waals surface area contributed by atoms with Crippen molar-refractivity contribution in [3.63, 3.8) is 0 Å². The lowest BCUT2D eigenvalue weighted by Gasteiger charge is -2.22. The number of aryl methyl sites for hydroxylation is 2. The summed E-state index contributed by atoms with van der Waals surface area (Å²) in [7, 11) is 1.84. The van der Waals surface area contributed by atoms with E-state index < -0.39 is 0 Å². The van der Waals surface area contributed by atoms with E-state index in [2.05, 4.69) is 10.4 Å². The van der Waals surface area contributed by atoms with Gasteiger partial charge in [0, 0.05) is 25.6 Å². The second-order valence-electron chi connectivity index (χ2n) is 4.65. The number of rotatable bonds is 4. The fourth-order valence-electron chi connectivity index (χ4n) is 1.26. The van der Waals surface area contributed by atoms with Crippen LogP contribution < -0.4 is 11.1 Å². The molecule has 1 heterocycles. The van der Waals surface area contributed by atoms with Gasteiger partial charge in [0.1, 0.15) is 5.82 Å². The minimum atomic E-state index is -0.162. The van der Waals surface area contributed by atoms with Crippen LogP contribution in [0.1, 0.15) is 19.5 Å². The van der Waals surface area contributed by atoms with Gasteiger partial charge in [0.15, 0.2) is 0 Å². The number of aliphatic hydroxyl groups excluding tert-OH is 1. The highest BCUT2D eigenvalue weighted by molar-refractivity contribution is 5.64. The molecule has 0 radical (unpaired) electrons. The molecule has 1 aromatic heterocycles. The third-order valence-electron chi connectivity index (χ3n) is 2.43. The van der Waals surface area contributed by atoms with Gasteiger partial charge in [-0.1, -0.05) is 13.8 Å². The lowest BCUT2D eigenvalue weighted by Crippen LogP contribution is -2.27. The van der Waals surface area contributed by atoms with Crippen molar-refractivity contribution in [1.82, 2.24) is 9.78 Å². The van der Waals surface area contributed by atoms with Gasteiger partial charge in [0.25, 0.3) is 0 Å². The fourth-order valence-corrected chi connectivity index (χ4v) is 1.26. The molecule has 0 aliphatic carbocycles. The van der Waals surface area contributed by atoms with Crippen LogP contribution in [0.25, 0.3) is 0 Å². The van der Waals surface area contributed by atoms with Gasteiger partial charge < -0.3 is 16.2 Å². The lowest BCUT2D eigenvalue weighted by molar-refractivity contribution is 0.170. The molecule has 0 saturated heterocycles. The van der Waals surface area contributed by atoms with Crippen LogP contribution in [0, 0.1) is 12.3 Å². The molecule has 0 aromatic carbocycles. The Balaban J connectivity index is 2.73. The average Bonchev–Trinajstić information content (AvgIpc) is 2.39. The van der Waals surface area contributed by atoms with E-state index in [-0.39, 0.29) is 12.0 Å². The first-order valence-corrected chi connectivity index (χ1v) is 5.01. The first-order valence-electron chi connectivity index (χ1n) is 5.01. The van der Waals surface area contributed by atoms with Crippen molar-refractivity contribution in [2.45, 2.75) is 20.8 Å². The van der Waals surface area contributed by atoms with E-state index in [1.165, 1.54) is 0 Å². The molecule has 0 aliphatic heterocycles. The van der Waals surface area contributed by atoms with Gasteiger partial charge in [-0.05, 0) is 6.92 Å². The molecule has 0 spiro atoms. The third kappa shape index (κ3) is 2.62. The highest BCUT2D eigenvalue weighted by Crippen LogP contribution is 2.23. The molecule has 5 heteroatoms. The maximum atomic E-state index is 9.12. The quantitative estimate of drug-likeness (QED) is 0.688. The summed E-state index contributed by atoms with van der Waals surface area (Å²) in [6.07, 6.45) is 0. The van der Waals surface area contributed by atoms with Crippen LogP contribution in [0.4, 0.5) is 11.5 Å². The van der Waals surface area contributed by atoms with E-state index in [0.717, 1.165) is 11.5 Å². The van der Waals surface area contributed by atoms with Crippen molar-refractivity contribution in [2.24, 2.45) is 12.5 Å². The zero-order valence-corrected chi connectivity index (χ0v) is 9.83. The number of nitrogens with one attached hydrogen (secondary N) is 1. The van der Waals surface area contributed by atoms with Gasteiger partial charge in [-0.25, -0.2) is 0 Å². The van der Waals surface area contributed by atoms with E-state index in [9.17, 15) is 0 Å². The summed E-state index contributed by atoms with van der Waals surface area (Å²) in [6.45, 7) is 6.64. The maximum Gasteiger partial charge on any atom is 0.147 e. The highest BCUT2D eigenvalue weighted by atomic mass is 16.3. The molecule has 0 unspecified atom stereocenters. The summed E-state index contributed by atoms with van der Waals surface area (Å²) in [4.78, 5) is 0. The molecule has 0 bridgehead atoms. The van der Waals surface area contributed by atoms with Gasteiger partial charge in [-0.2, -0.15) is 5.10 Å². The van der Waals surface area contributed by atoms with Crippen LogP contribution in [0.3, 0.4) is 0 Å². The minimum Gasteiger partial charge on any atom is -0.396 e. The first kappa shape index (κ1) is 11.8. The molecule has 15 heavy (non-hydrogen) atoms. The monoisotopic (exact) mass is 212 g/mol. The van der Waals surface area contributed by atoms with E-state index in [1.54, 1.807) is 4.68 Å². The number of aliphatic hydroxyl groups is 1. The predicted molar refractivity (Wildman–Crippen MR) is 61.7 cm³/mol. The molecule has 5 nitrogen and oxygen atoms in total. The largest absolute Gasteiger partial charge is 0.396 e. The Bertz CT molecular complexity index is 343. The zero-order chi connectivity index (χ0) is 11.6. The Hall–Kier alpha value is -1.23. The minimum absolute atomic E-state index is 0.136. The number of hydrogen-bond acceptors (Lipinski definition) is 4. The van der Waals surface area contributed by atoms with Crippen molar-refractivity contribution in [3.8, 4) is 0 Å². The molecule has 0 aliphatic rings. The van der Waals surface area contributed by atoms with Crippen LogP contribution in [-0.4, -0.2) is 28.0 Å². The lowest BCUT2D eigenvalue weighted by atomic mass is 9.95. The van der Waals surface area contributed by atoms with Crippen molar-refractivity contribution < 1.29 is 5.11 Å². The summed E-state index contributed by atoms with van der Waals surface area (Å²) < 4.78 is 1.72. The molecule has 0 amide bonds. The average molecular weight is 212 g/mol. The van der Waals surface area contributed by atoms with Crippen molar-refractivity contribution in [1.29, 1.82) is 0 Å². The van der Waals surface area contributed by atoms with Crippen molar-refractivity contribution in [2.75, 3.05) is 24.2 Å². The topological polar surface area (TPSA) is 76.1 Å². The SMILES string of the molecule is Cc1nn(C)c(NCC(C)(C)CO)c1N. The molecular weight excluding hydrogens is 192 g/mol. The van der Waals surface area contributed by atoms with Crippen LogP contribution >= 0.6 is 0 Å². The Kier molecular flexibility index (Phi) is 3.24. The maximum absolute atomic E-state index is 9.12. The molecule has 1 aromatic rings. The molecule has 0 saturated carbocycles. The number of aromatic nitrogens is 2. The van der Waals surface area contributed by atoms with Gasteiger partial charge in [-0.3, -0.25) is 4.68 Å². The predicted octanol–water partition coefficient (Wildman–Crippen LogP) is 0.741. The number of nitrogens with zero attached hydrogens (tertiary/aromatic N) is 2. The van der Waals surface area contributed by atoms with Crippen LogP contribution in [0.15, 0.2) is 0 Å². The normalized spacial score (nSPS) is 11.8. The van der Waals surface area contributed by atoms with Crippen molar-refractivity contribution in [3.05, 3.63) is 5.69 Å². The van der Waals surface area contributed by atoms with Gasteiger partial charge in [0.05, 0.1) is 11.4 Å². The molecule has 4 N–H and O–H groups in total. The van der Waals surface area contributed by atoms with E-state index in [1.807, 2.05) is 27.8 Å². The first-order chi connectivity index (χ1) is 6.87. The third-order valence-corrected chi connectivity index (χ3v) is 2.43. The van der Waals surface area contributed by atoms with E-state index >= 15 is 0 Å². The Labute approximate surface area is 90.3 Å². The smallest absolute Gasteiger partial charge is 0.147 e. The van der Waals surface area contributed by atoms with Gasteiger partial charge in [-0.15, -0.1) is 0 Å². The highest BCUT2D eigenvalue weighted by Gasteiger charge is 2.18. The molecule has 86 valence electrons. The van der Waals surface area contributed by atoms with E-state index in [4.69, 9.17) is 10.8 Å². The second-order valence-corrected chi connectivity index (χ2v) is 4.65. The Morgan fingerprint density at radius 1 is 1.53 bits per heavy atom. The summed E-state index contributed by atoms with van der Waals surface area (Å²) in [6, 6.07) is 0. The summed E-state index contributed by atoms with van der Waals surface area (Å²) in [5.74, 6) is 0.814. The van der Waals surface area contributed by atoms with Crippen LogP contribution in [0.2, 0.25) is 0 Å². The molecule has 0 fully saturated rings. The van der Waals surface area contributed by atoms with Crippen LogP contribution in [0.5, 0.6) is 0 Å². The zero-order valence-electron chi connectivity index (χ0n) is 9.83. The second kappa shape index (κ2) is 4.10. The van der Waals surface area contributed by atoms with Crippen molar-refractivity contribution >= 4 is 11.5 Å². The Morgan fingerprint density at radius 2 is 2.13 bits per heavy atom. The molecular formula is C10H20N4O. The van der Waals surface area contributed by atoms with E-state index in [0.29, 0.717) is 12.2 Å². The van der Waals surface area contributed by atoms with Gasteiger partial charge in [0.2, 0.25) is 0 Å². The Morgan fingerprint density at radius 3 is 2.53 bits per heavy atom. The number of nitrogens with two attached hydrogens (primary N) is 1.